The SMILES string of the molecule is CCCCCCCCCCCCC/C=C/C[O]. The van der Waals surface area contributed by atoms with E-state index in [4.69, 9.17) is 0 Å². The Bertz CT molecular complexity index is 152. The van der Waals surface area contributed by atoms with Crippen LogP contribution in [0.5, 0.6) is 0 Å². The first-order valence-corrected chi connectivity index (χ1v) is 7.65. The van der Waals surface area contributed by atoms with Gasteiger partial charge in [-0.15, -0.1) is 0 Å². The summed E-state index contributed by atoms with van der Waals surface area (Å²) in [6, 6.07) is 0. The van der Waals surface area contributed by atoms with Crippen LogP contribution >= 0.6 is 0 Å². The standard InChI is InChI=1S/C16H31O/c1-2-3-4-5-6-7-8-9-10-11-12-13-14-15-16-17/h14-15H,2-13,16H2,1H3/b15-14+. The summed E-state index contributed by atoms with van der Waals surface area (Å²) in [6.07, 6.45) is 20.1. The summed E-state index contributed by atoms with van der Waals surface area (Å²) in [4.78, 5) is 0. The van der Waals surface area contributed by atoms with E-state index in [1.807, 2.05) is 6.08 Å². The third kappa shape index (κ3) is 15.7. The molecule has 0 heterocycles. The number of allylic oxidation sites excluding steroid dienone is 1. The van der Waals surface area contributed by atoms with Crippen molar-refractivity contribution in [3.05, 3.63) is 12.2 Å². The van der Waals surface area contributed by atoms with Crippen LogP contribution < -0.4 is 0 Å². The van der Waals surface area contributed by atoms with Gasteiger partial charge in [-0.2, -0.15) is 0 Å². The van der Waals surface area contributed by atoms with Crippen LogP contribution in [0.3, 0.4) is 0 Å². The van der Waals surface area contributed by atoms with Gasteiger partial charge in [0.2, 0.25) is 0 Å². The average Bonchev–Trinajstić information content (AvgIpc) is 2.35. The van der Waals surface area contributed by atoms with E-state index in [9.17, 15) is 5.11 Å². The normalized spacial score (nSPS) is 11.4. The molecule has 0 bridgehead atoms. The fourth-order valence-corrected chi connectivity index (χ4v) is 2.11. The molecule has 0 fully saturated rings. The van der Waals surface area contributed by atoms with E-state index in [1.165, 1.54) is 70.6 Å². The molecule has 0 aromatic carbocycles. The van der Waals surface area contributed by atoms with Gasteiger partial charge in [-0.3, -0.25) is 0 Å². The molecular formula is C16H31O. The van der Waals surface area contributed by atoms with Gasteiger partial charge >= 0.3 is 0 Å². The quantitative estimate of drug-likeness (QED) is 0.291. The van der Waals surface area contributed by atoms with Crippen molar-refractivity contribution in [2.75, 3.05) is 6.61 Å². The molecule has 0 aliphatic rings. The second-order valence-electron chi connectivity index (χ2n) is 4.96. The molecule has 0 aromatic heterocycles. The van der Waals surface area contributed by atoms with Gasteiger partial charge < -0.3 is 0 Å². The number of hydrogen-bond donors (Lipinski definition) is 0. The minimum absolute atomic E-state index is 0.0575. The Morgan fingerprint density at radius 1 is 0.647 bits per heavy atom. The summed E-state index contributed by atoms with van der Waals surface area (Å²) in [5, 5.41) is 10.1. The van der Waals surface area contributed by atoms with Crippen molar-refractivity contribution in [1.29, 1.82) is 0 Å². The Hall–Kier alpha value is -0.300. The second-order valence-corrected chi connectivity index (χ2v) is 4.96. The van der Waals surface area contributed by atoms with Crippen molar-refractivity contribution in [2.45, 2.75) is 84.0 Å². The molecule has 1 heteroatoms. The molecule has 0 spiro atoms. The maximum absolute atomic E-state index is 10.1. The lowest BCUT2D eigenvalue weighted by molar-refractivity contribution is 0.232. The van der Waals surface area contributed by atoms with Gasteiger partial charge in [0.15, 0.2) is 0 Å². The molecule has 0 unspecified atom stereocenters. The fourth-order valence-electron chi connectivity index (χ4n) is 2.11. The summed E-state index contributed by atoms with van der Waals surface area (Å²) >= 11 is 0. The molecule has 0 saturated heterocycles. The van der Waals surface area contributed by atoms with Gasteiger partial charge in [-0.05, 0) is 12.8 Å². The van der Waals surface area contributed by atoms with Crippen molar-refractivity contribution >= 4 is 0 Å². The molecule has 0 saturated carbocycles. The zero-order chi connectivity index (χ0) is 12.6. The van der Waals surface area contributed by atoms with Crippen molar-refractivity contribution in [2.24, 2.45) is 0 Å². The van der Waals surface area contributed by atoms with Gasteiger partial charge in [0, 0.05) is 0 Å². The molecule has 101 valence electrons. The third-order valence-electron chi connectivity index (χ3n) is 3.24. The molecule has 1 nitrogen and oxygen atoms in total. The molecular weight excluding hydrogens is 208 g/mol. The van der Waals surface area contributed by atoms with Crippen molar-refractivity contribution in [3.8, 4) is 0 Å². The highest BCUT2D eigenvalue weighted by atomic mass is 16.2. The molecule has 0 rings (SSSR count). The Balaban J connectivity index is 2.91. The van der Waals surface area contributed by atoms with E-state index >= 15 is 0 Å². The number of unbranched alkanes of at least 4 members (excludes halogenated alkanes) is 11. The van der Waals surface area contributed by atoms with E-state index in [1.54, 1.807) is 6.08 Å². The molecule has 17 heavy (non-hydrogen) atoms. The zero-order valence-electron chi connectivity index (χ0n) is 11.8. The van der Waals surface area contributed by atoms with Crippen LogP contribution in [0.1, 0.15) is 84.0 Å². The smallest absolute Gasteiger partial charge is 0.100 e. The van der Waals surface area contributed by atoms with Gasteiger partial charge in [-0.25, -0.2) is 5.11 Å². The Morgan fingerprint density at radius 2 is 1.12 bits per heavy atom. The minimum atomic E-state index is -0.0575. The third-order valence-corrected chi connectivity index (χ3v) is 3.24. The van der Waals surface area contributed by atoms with E-state index < -0.39 is 0 Å². The molecule has 1 radical (unpaired) electrons. The lowest BCUT2D eigenvalue weighted by Gasteiger charge is -2.01. The van der Waals surface area contributed by atoms with Crippen LogP contribution in [0.4, 0.5) is 0 Å². The van der Waals surface area contributed by atoms with Crippen LogP contribution in [-0.2, 0) is 5.11 Å². The lowest BCUT2D eigenvalue weighted by Crippen LogP contribution is -1.82. The predicted molar refractivity (Wildman–Crippen MR) is 75.8 cm³/mol. The Labute approximate surface area is 108 Å². The number of rotatable bonds is 13. The summed E-state index contributed by atoms with van der Waals surface area (Å²) in [7, 11) is 0. The van der Waals surface area contributed by atoms with Crippen LogP contribution in [-0.4, -0.2) is 6.61 Å². The van der Waals surface area contributed by atoms with Crippen LogP contribution in [0.2, 0.25) is 0 Å². The highest BCUT2D eigenvalue weighted by molar-refractivity contribution is 4.80. The molecule has 0 aliphatic carbocycles. The Morgan fingerprint density at radius 3 is 1.59 bits per heavy atom. The van der Waals surface area contributed by atoms with E-state index in [-0.39, 0.29) is 6.61 Å². The minimum Gasteiger partial charge on any atom is -0.232 e. The maximum atomic E-state index is 10.1. The first-order chi connectivity index (χ1) is 8.41. The van der Waals surface area contributed by atoms with E-state index in [2.05, 4.69) is 6.92 Å². The summed E-state index contributed by atoms with van der Waals surface area (Å²) in [5.41, 5.74) is 0. The summed E-state index contributed by atoms with van der Waals surface area (Å²) in [5.74, 6) is 0. The molecule has 0 amide bonds. The van der Waals surface area contributed by atoms with Crippen molar-refractivity contribution in [3.63, 3.8) is 0 Å². The largest absolute Gasteiger partial charge is 0.232 e. The molecule has 0 N–H and O–H groups in total. The van der Waals surface area contributed by atoms with Crippen LogP contribution in [0, 0.1) is 0 Å². The summed E-state index contributed by atoms with van der Waals surface area (Å²) < 4.78 is 0. The highest BCUT2D eigenvalue weighted by Gasteiger charge is 1.92. The van der Waals surface area contributed by atoms with Crippen molar-refractivity contribution < 1.29 is 5.11 Å². The number of hydrogen-bond acceptors (Lipinski definition) is 0. The van der Waals surface area contributed by atoms with Gasteiger partial charge in [-0.1, -0.05) is 83.3 Å². The van der Waals surface area contributed by atoms with Crippen LogP contribution in [0.15, 0.2) is 12.2 Å². The summed E-state index contributed by atoms with van der Waals surface area (Å²) in [6.45, 7) is 2.21. The highest BCUT2D eigenvalue weighted by Crippen LogP contribution is 2.11. The zero-order valence-corrected chi connectivity index (χ0v) is 11.8. The predicted octanol–water partition coefficient (Wildman–Crippen LogP) is 5.67. The molecule has 0 atom stereocenters. The van der Waals surface area contributed by atoms with E-state index in [0.717, 1.165) is 6.42 Å². The first kappa shape index (κ1) is 16.7. The maximum Gasteiger partial charge on any atom is 0.100 e. The molecule has 0 aromatic rings. The second kappa shape index (κ2) is 15.7. The first-order valence-electron chi connectivity index (χ1n) is 7.65. The molecule has 0 aliphatic heterocycles. The van der Waals surface area contributed by atoms with Crippen molar-refractivity contribution in [1.82, 2.24) is 0 Å². The van der Waals surface area contributed by atoms with Gasteiger partial charge in [0.25, 0.3) is 0 Å². The fraction of sp³-hybridized carbons (Fsp3) is 0.875. The van der Waals surface area contributed by atoms with Crippen LogP contribution in [0.25, 0.3) is 0 Å². The van der Waals surface area contributed by atoms with E-state index in [0.29, 0.717) is 0 Å². The average molecular weight is 239 g/mol. The van der Waals surface area contributed by atoms with Gasteiger partial charge in [0.1, 0.15) is 6.61 Å². The Kier molecular flexibility index (Phi) is 15.4. The topological polar surface area (TPSA) is 19.9 Å². The van der Waals surface area contributed by atoms with Gasteiger partial charge in [0.05, 0.1) is 0 Å². The monoisotopic (exact) mass is 239 g/mol. The lowest BCUT2D eigenvalue weighted by atomic mass is 10.1.